The molecule has 1 heterocycles. The van der Waals surface area contributed by atoms with Crippen LogP contribution in [-0.4, -0.2) is 54.9 Å². The van der Waals surface area contributed by atoms with Crippen molar-refractivity contribution in [3.8, 4) is 0 Å². The van der Waals surface area contributed by atoms with Gasteiger partial charge in [-0.2, -0.15) is 0 Å². The van der Waals surface area contributed by atoms with E-state index >= 15 is 0 Å². The zero-order chi connectivity index (χ0) is 15.6. The van der Waals surface area contributed by atoms with Crippen LogP contribution in [0.4, 0.5) is 8.78 Å². The molecule has 1 aliphatic rings. The second-order valence-electron chi connectivity index (χ2n) is 5.90. The number of halogens is 2. The molecular formula is C16H22F2N2O. The van der Waals surface area contributed by atoms with E-state index in [9.17, 15) is 13.6 Å². The first kappa shape index (κ1) is 16.0. The average molecular weight is 296 g/mol. The monoisotopic (exact) mass is 296 g/mol. The topological polar surface area (TPSA) is 23.6 Å². The fourth-order valence-corrected chi connectivity index (χ4v) is 2.85. The van der Waals surface area contributed by atoms with Gasteiger partial charge in [0.05, 0.1) is 6.04 Å². The van der Waals surface area contributed by atoms with Crippen molar-refractivity contribution in [2.24, 2.45) is 0 Å². The predicted molar refractivity (Wildman–Crippen MR) is 78.4 cm³/mol. The molecule has 0 bridgehead atoms. The predicted octanol–water partition coefficient (Wildman–Crippen LogP) is 2.56. The van der Waals surface area contributed by atoms with Crippen LogP contribution in [0.15, 0.2) is 18.2 Å². The zero-order valence-corrected chi connectivity index (χ0v) is 12.8. The van der Waals surface area contributed by atoms with Gasteiger partial charge in [0.25, 0.3) is 0 Å². The van der Waals surface area contributed by atoms with E-state index in [1.807, 2.05) is 6.92 Å². The number of rotatable bonds is 4. The molecule has 5 heteroatoms. The summed E-state index contributed by atoms with van der Waals surface area (Å²) in [5, 5.41) is 0. The van der Waals surface area contributed by atoms with Gasteiger partial charge in [0.2, 0.25) is 0 Å². The third kappa shape index (κ3) is 3.66. The Morgan fingerprint density at radius 2 is 1.86 bits per heavy atom. The van der Waals surface area contributed by atoms with E-state index in [4.69, 9.17) is 0 Å². The molecule has 1 unspecified atom stereocenters. The van der Waals surface area contributed by atoms with E-state index < -0.39 is 11.6 Å². The van der Waals surface area contributed by atoms with E-state index in [0.29, 0.717) is 6.04 Å². The van der Waals surface area contributed by atoms with Gasteiger partial charge in [0, 0.05) is 24.7 Å². The Morgan fingerprint density at radius 3 is 2.38 bits per heavy atom. The second kappa shape index (κ2) is 6.62. The minimum absolute atomic E-state index is 0.155. The molecule has 1 saturated heterocycles. The summed E-state index contributed by atoms with van der Waals surface area (Å²) in [6.07, 6.45) is 2.03. The molecule has 116 valence electrons. The number of Topliss-reactive ketones (excluding diaryl/α,β-unsaturated/α-hetero) is 1. The number of ketones is 1. The Kier molecular flexibility index (Phi) is 5.06. The molecule has 0 aromatic heterocycles. The molecule has 0 aliphatic carbocycles. The fourth-order valence-electron chi connectivity index (χ4n) is 2.85. The molecule has 21 heavy (non-hydrogen) atoms. The lowest BCUT2D eigenvalue weighted by Crippen LogP contribution is -2.47. The molecule has 0 N–H and O–H groups in total. The van der Waals surface area contributed by atoms with Crippen molar-refractivity contribution in [3.63, 3.8) is 0 Å². The highest BCUT2D eigenvalue weighted by Gasteiger charge is 2.28. The van der Waals surface area contributed by atoms with Gasteiger partial charge < -0.3 is 4.90 Å². The lowest BCUT2D eigenvalue weighted by molar-refractivity contribution is 0.0735. The summed E-state index contributed by atoms with van der Waals surface area (Å²) in [5.74, 6) is -2.05. The van der Waals surface area contributed by atoms with Gasteiger partial charge in [-0.3, -0.25) is 9.69 Å². The Morgan fingerprint density at radius 1 is 1.24 bits per heavy atom. The van der Waals surface area contributed by atoms with Crippen molar-refractivity contribution < 1.29 is 13.6 Å². The van der Waals surface area contributed by atoms with Crippen molar-refractivity contribution in [1.29, 1.82) is 0 Å². The number of carbonyl (C=O) groups is 1. The van der Waals surface area contributed by atoms with Crippen LogP contribution < -0.4 is 0 Å². The van der Waals surface area contributed by atoms with Gasteiger partial charge in [0.15, 0.2) is 17.4 Å². The molecule has 0 saturated carbocycles. The van der Waals surface area contributed by atoms with E-state index in [-0.39, 0.29) is 17.4 Å². The summed E-state index contributed by atoms with van der Waals surface area (Å²) in [7, 11) is 4.13. The molecule has 1 atom stereocenters. The van der Waals surface area contributed by atoms with Crippen LogP contribution in [0.3, 0.4) is 0 Å². The zero-order valence-electron chi connectivity index (χ0n) is 12.8. The summed E-state index contributed by atoms with van der Waals surface area (Å²) in [6, 6.07) is 3.59. The standard InChI is InChI=1S/C16H22F2N2O/c1-11(20-8-6-13(7-9-20)19(2)3)16(21)12-4-5-14(17)15(18)10-12/h4-5,10-11,13H,6-9H2,1-3H3. The second-order valence-corrected chi connectivity index (χ2v) is 5.90. The molecule has 0 radical (unpaired) electrons. The summed E-state index contributed by atoms with van der Waals surface area (Å²) in [4.78, 5) is 16.7. The highest BCUT2D eigenvalue weighted by molar-refractivity contribution is 5.99. The molecule has 2 rings (SSSR count). The molecule has 0 spiro atoms. The lowest BCUT2D eigenvalue weighted by Gasteiger charge is -2.37. The van der Waals surface area contributed by atoms with Crippen molar-refractivity contribution in [2.75, 3.05) is 27.2 Å². The fraction of sp³-hybridized carbons (Fsp3) is 0.562. The van der Waals surface area contributed by atoms with E-state index in [1.165, 1.54) is 6.07 Å². The molecular weight excluding hydrogens is 274 g/mol. The van der Waals surface area contributed by atoms with Gasteiger partial charge in [-0.05, 0) is 52.1 Å². The van der Waals surface area contributed by atoms with Crippen molar-refractivity contribution in [3.05, 3.63) is 35.4 Å². The Labute approximate surface area is 124 Å². The number of carbonyl (C=O) groups excluding carboxylic acids is 1. The van der Waals surface area contributed by atoms with Crippen LogP contribution in [0.1, 0.15) is 30.1 Å². The molecule has 1 aromatic rings. The molecule has 3 nitrogen and oxygen atoms in total. The summed E-state index contributed by atoms with van der Waals surface area (Å²) >= 11 is 0. The minimum atomic E-state index is -0.973. The quantitative estimate of drug-likeness (QED) is 0.798. The first-order chi connectivity index (χ1) is 9.90. The van der Waals surface area contributed by atoms with E-state index in [1.54, 1.807) is 0 Å². The van der Waals surface area contributed by atoms with Crippen molar-refractivity contribution in [1.82, 2.24) is 9.80 Å². The summed E-state index contributed by atoms with van der Waals surface area (Å²) in [5.41, 5.74) is 0.233. The van der Waals surface area contributed by atoms with Crippen LogP contribution in [0.2, 0.25) is 0 Å². The maximum absolute atomic E-state index is 13.2. The number of benzene rings is 1. The van der Waals surface area contributed by atoms with Crippen molar-refractivity contribution in [2.45, 2.75) is 31.8 Å². The Bertz CT molecular complexity index is 511. The van der Waals surface area contributed by atoms with Gasteiger partial charge in [-0.1, -0.05) is 0 Å². The number of nitrogens with zero attached hydrogens (tertiary/aromatic N) is 2. The minimum Gasteiger partial charge on any atom is -0.306 e. The van der Waals surface area contributed by atoms with Crippen molar-refractivity contribution >= 4 is 5.78 Å². The number of hydrogen-bond donors (Lipinski definition) is 0. The SMILES string of the molecule is CC(C(=O)c1ccc(F)c(F)c1)N1CCC(N(C)C)CC1. The van der Waals surface area contributed by atoms with E-state index in [2.05, 4.69) is 23.9 Å². The number of likely N-dealkylation sites (tertiary alicyclic amines) is 1. The summed E-state index contributed by atoms with van der Waals surface area (Å²) < 4.78 is 26.2. The molecule has 0 amide bonds. The number of hydrogen-bond acceptors (Lipinski definition) is 3. The third-order valence-electron chi connectivity index (χ3n) is 4.36. The summed E-state index contributed by atoms with van der Waals surface area (Å²) in [6.45, 7) is 3.53. The van der Waals surface area contributed by atoms with Crippen LogP contribution in [0, 0.1) is 11.6 Å². The van der Waals surface area contributed by atoms with Gasteiger partial charge in [-0.25, -0.2) is 8.78 Å². The average Bonchev–Trinajstić information content (AvgIpc) is 2.48. The van der Waals surface area contributed by atoms with Crippen LogP contribution in [0.25, 0.3) is 0 Å². The Hall–Kier alpha value is -1.33. The molecule has 1 fully saturated rings. The maximum Gasteiger partial charge on any atom is 0.179 e. The smallest absolute Gasteiger partial charge is 0.179 e. The highest BCUT2D eigenvalue weighted by Crippen LogP contribution is 2.19. The van der Waals surface area contributed by atoms with Gasteiger partial charge in [-0.15, -0.1) is 0 Å². The Balaban J connectivity index is 2.01. The first-order valence-corrected chi connectivity index (χ1v) is 7.30. The number of piperidine rings is 1. The lowest BCUT2D eigenvalue weighted by atomic mass is 9.98. The maximum atomic E-state index is 13.2. The van der Waals surface area contributed by atoms with Gasteiger partial charge >= 0.3 is 0 Å². The first-order valence-electron chi connectivity index (χ1n) is 7.30. The van der Waals surface area contributed by atoms with Crippen LogP contribution in [-0.2, 0) is 0 Å². The normalized spacial score (nSPS) is 19.0. The van der Waals surface area contributed by atoms with E-state index in [0.717, 1.165) is 38.1 Å². The highest BCUT2D eigenvalue weighted by atomic mass is 19.2. The largest absolute Gasteiger partial charge is 0.306 e. The van der Waals surface area contributed by atoms with Gasteiger partial charge in [0.1, 0.15) is 0 Å². The van der Waals surface area contributed by atoms with Crippen LogP contribution in [0.5, 0.6) is 0 Å². The molecule has 1 aromatic carbocycles. The third-order valence-corrected chi connectivity index (χ3v) is 4.36. The van der Waals surface area contributed by atoms with Crippen LogP contribution >= 0.6 is 0 Å². The molecule has 1 aliphatic heterocycles.